The lowest BCUT2D eigenvalue weighted by Gasteiger charge is -2.34. The lowest BCUT2D eigenvalue weighted by Crippen LogP contribution is -2.41. The van der Waals surface area contributed by atoms with Crippen LogP contribution in [0.25, 0.3) is 0 Å². The number of carbonyl (C=O) groups excluding carboxylic acids is 1. The Morgan fingerprint density at radius 2 is 2.38 bits per heavy atom. The summed E-state index contributed by atoms with van der Waals surface area (Å²) >= 11 is 0. The molecule has 4 heteroatoms. The van der Waals surface area contributed by atoms with E-state index in [0.29, 0.717) is 18.2 Å². The molecule has 0 radical (unpaired) electrons. The first kappa shape index (κ1) is 11.1. The van der Waals surface area contributed by atoms with Gasteiger partial charge in [0, 0.05) is 31.4 Å². The smallest absolute Gasteiger partial charge is 0.253 e. The van der Waals surface area contributed by atoms with Crippen LogP contribution >= 0.6 is 0 Å². The zero-order chi connectivity index (χ0) is 11.5. The molecule has 0 aromatic carbocycles. The van der Waals surface area contributed by atoms with E-state index in [2.05, 4.69) is 4.98 Å². The van der Waals surface area contributed by atoms with Crippen molar-refractivity contribution < 1.29 is 4.79 Å². The van der Waals surface area contributed by atoms with Crippen LogP contribution in [0.1, 0.15) is 35.3 Å². The van der Waals surface area contributed by atoms with Gasteiger partial charge in [-0.2, -0.15) is 0 Å². The normalized spacial score (nSPS) is 15.6. The topological polar surface area (TPSA) is 59.2 Å². The van der Waals surface area contributed by atoms with Gasteiger partial charge in [0.25, 0.3) is 5.91 Å². The second kappa shape index (κ2) is 4.61. The van der Waals surface area contributed by atoms with Crippen LogP contribution in [0.5, 0.6) is 0 Å². The molecule has 2 rings (SSSR count). The largest absolute Gasteiger partial charge is 0.339 e. The fourth-order valence-electron chi connectivity index (χ4n) is 1.87. The lowest BCUT2D eigenvalue weighted by molar-refractivity contribution is 0.0652. The second-order valence-corrected chi connectivity index (χ2v) is 4.24. The van der Waals surface area contributed by atoms with Crippen LogP contribution in [-0.2, 0) is 6.54 Å². The SMILES string of the molecule is CN(C(=O)c1ccnc(CN)c1)C1CCC1. The maximum Gasteiger partial charge on any atom is 0.253 e. The van der Waals surface area contributed by atoms with Crippen LogP contribution in [0.4, 0.5) is 0 Å². The van der Waals surface area contributed by atoms with Crippen LogP contribution < -0.4 is 5.73 Å². The molecule has 1 fully saturated rings. The van der Waals surface area contributed by atoms with E-state index >= 15 is 0 Å². The molecule has 0 atom stereocenters. The van der Waals surface area contributed by atoms with E-state index in [-0.39, 0.29) is 5.91 Å². The third-order valence-corrected chi connectivity index (χ3v) is 3.22. The molecule has 86 valence electrons. The summed E-state index contributed by atoms with van der Waals surface area (Å²) in [5.41, 5.74) is 6.95. The molecule has 1 aromatic rings. The maximum atomic E-state index is 12.1. The summed E-state index contributed by atoms with van der Waals surface area (Å²) in [4.78, 5) is 18.0. The quantitative estimate of drug-likeness (QED) is 0.830. The second-order valence-electron chi connectivity index (χ2n) is 4.24. The van der Waals surface area contributed by atoms with Crippen LogP contribution in [0.3, 0.4) is 0 Å². The number of aromatic nitrogens is 1. The molecule has 1 saturated carbocycles. The van der Waals surface area contributed by atoms with Crippen LogP contribution in [-0.4, -0.2) is 28.9 Å². The van der Waals surface area contributed by atoms with E-state index in [4.69, 9.17) is 5.73 Å². The van der Waals surface area contributed by atoms with Gasteiger partial charge in [-0.05, 0) is 31.4 Å². The van der Waals surface area contributed by atoms with Gasteiger partial charge in [0.15, 0.2) is 0 Å². The fourth-order valence-corrected chi connectivity index (χ4v) is 1.87. The molecule has 0 bridgehead atoms. The number of nitrogens with zero attached hydrogens (tertiary/aromatic N) is 2. The highest BCUT2D eigenvalue weighted by Crippen LogP contribution is 2.24. The Balaban J connectivity index is 2.12. The number of nitrogens with two attached hydrogens (primary N) is 1. The van der Waals surface area contributed by atoms with Gasteiger partial charge >= 0.3 is 0 Å². The van der Waals surface area contributed by atoms with Gasteiger partial charge in [-0.25, -0.2) is 0 Å². The standard InChI is InChI=1S/C12H17N3O/c1-15(11-3-2-4-11)12(16)9-5-6-14-10(7-9)8-13/h5-7,11H,2-4,8,13H2,1H3. The zero-order valence-corrected chi connectivity index (χ0v) is 9.52. The molecule has 0 aliphatic heterocycles. The minimum absolute atomic E-state index is 0.0711. The molecule has 0 spiro atoms. The minimum Gasteiger partial charge on any atom is -0.339 e. The summed E-state index contributed by atoms with van der Waals surface area (Å²) in [6, 6.07) is 3.94. The van der Waals surface area contributed by atoms with E-state index in [1.807, 2.05) is 11.9 Å². The summed E-state index contributed by atoms with van der Waals surface area (Å²) in [5, 5.41) is 0. The number of hydrogen-bond donors (Lipinski definition) is 1. The van der Waals surface area contributed by atoms with Gasteiger partial charge < -0.3 is 10.6 Å². The molecular weight excluding hydrogens is 202 g/mol. The monoisotopic (exact) mass is 219 g/mol. The van der Waals surface area contributed by atoms with Crippen molar-refractivity contribution in [1.29, 1.82) is 0 Å². The molecule has 4 nitrogen and oxygen atoms in total. The van der Waals surface area contributed by atoms with Gasteiger partial charge in [-0.3, -0.25) is 9.78 Å². The van der Waals surface area contributed by atoms with Crippen LogP contribution in [0.2, 0.25) is 0 Å². The Morgan fingerprint density at radius 3 is 2.94 bits per heavy atom. The number of pyridine rings is 1. The molecule has 1 aromatic heterocycles. The molecular formula is C12H17N3O. The van der Waals surface area contributed by atoms with Gasteiger partial charge in [0.1, 0.15) is 0 Å². The summed E-state index contributed by atoms with van der Waals surface area (Å²) in [6.45, 7) is 0.369. The highest BCUT2D eigenvalue weighted by atomic mass is 16.2. The Kier molecular flexibility index (Phi) is 3.19. The first-order valence-corrected chi connectivity index (χ1v) is 5.64. The Hall–Kier alpha value is -1.42. The van der Waals surface area contributed by atoms with E-state index in [9.17, 15) is 4.79 Å². The van der Waals surface area contributed by atoms with E-state index in [0.717, 1.165) is 18.5 Å². The molecule has 0 saturated heterocycles. The molecule has 16 heavy (non-hydrogen) atoms. The molecule has 2 N–H and O–H groups in total. The number of carbonyl (C=O) groups is 1. The van der Waals surface area contributed by atoms with Gasteiger partial charge in [0.05, 0.1) is 5.69 Å². The van der Waals surface area contributed by atoms with Crippen molar-refractivity contribution >= 4 is 5.91 Å². The van der Waals surface area contributed by atoms with Gasteiger partial charge in [0.2, 0.25) is 0 Å². The van der Waals surface area contributed by atoms with Crippen molar-refractivity contribution in [3.05, 3.63) is 29.6 Å². The molecule has 1 amide bonds. The highest BCUT2D eigenvalue weighted by molar-refractivity contribution is 5.94. The first-order chi connectivity index (χ1) is 7.72. The third kappa shape index (κ3) is 2.07. The van der Waals surface area contributed by atoms with Gasteiger partial charge in [-0.15, -0.1) is 0 Å². The van der Waals surface area contributed by atoms with Crippen molar-refractivity contribution in [2.75, 3.05) is 7.05 Å². The first-order valence-electron chi connectivity index (χ1n) is 5.64. The van der Waals surface area contributed by atoms with Crippen molar-refractivity contribution in [1.82, 2.24) is 9.88 Å². The predicted molar refractivity (Wildman–Crippen MR) is 61.9 cm³/mol. The average molecular weight is 219 g/mol. The number of hydrogen-bond acceptors (Lipinski definition) is 3. The van der Waals surface area contributed by atoms with Crippen molar-refractivity contribution in [2.24, 2.45) is 5.73 Å². The molecule has 1 aliphatic carbocycles. The lowest BCUT2D eigenvalue weighted by atomic mass is 9.91. The van der Waals surface area contributed by atoms with E-state index < -0.39 is 0 Å². The van der Waals surface area contributed by atoms with Crippen LogP contribution in [0.15, 0.2) is 18.3 Å². The Bertz CT molecular complexity index is 388. The summed E-state index contributed by atoms with van der Waals surface area (Å²) in [6.07, 6.45) is 5.12. The van der Waals surface area contributed by atoms with E-state index in [1.54, 1.807) is 18.3 Å². The molecule has 0 unspecified atom stereocenters. The third-order valence-electron chi connectivity index (χ3n) is 3.22. The minimum atomic E-state index is 0.0711. The highest BCUT2D eigenvalue weighted by Gasteiger charge is 2.26. The number of amides is 1. The van der Waals surface area contributed by atoms with Crippen molar-refractivity contribution in [2.45, 2.75) is 31.8 Å². The molecule has 1 aliphatic rings. The summed E-state index contributed by atoms with van der Waals surface area (Å²) in [7, 11) is 1.87. The fraction of sp³-hybridized carbons (Fsp3) is 0.500. The van der Waals surface area contributed by atoms with Crippen LogP contribution in [0, 0.1) is 0 Å². The predicted octanol–water partition coefficient (Wildman–Crippen LogP) is 1.16. The summed E-state index contributed by atoms with van der Waals surface area (Å²) < 4.78 is 0. The Labute approximate surface area is 95.5 Å². The van der Waals surface area contributed by atoms with Gasteiger partial charge in [-0.1, -0.05) is 0 Å². The summed E-state index contributed by atoms with van der Waals surface area (Å²) in [5.74, 6) is 0.0711. The maximum absolute atomic E-state index is 12.1. The average Bonchev–Trinajstić information content (AvgIpc) is 2.25. The van der Waals surface area contributed by atoms with Crippen molar-refractivity contribution in [3.63, 3.8) is 0 Å². The van der Waals surface area contributed by atoms with Crippen molar-refractivity contribution in [3.8, 4) is 0 Å². The zero-order valence-electron chi connectivity index (χ0n) is 9.52. The molecule has 1 heterocycles. The Morgan fingerprint density at radius 1 is 1.62 bits per heavy atom. The number of rotatable bonds is 3. The van der Waals surface area contributed by atoms with E-state index in [1.165, 1.54) is 6.42 Å².